The van der Waals surface area contributed by atoms with Crippen LogP contribution in [-0.4, -0.2) is 48.5 Å². The molecule has 1 aliphatic heterocycles. The van der Waals surface area contributed by atoms with Crippen molar-refractivity contribution >= 4 is 28.7 Å². The molecule has 0 saturated carbocycles. The molecule has 29 heavy (non-hydrogen) atoms. The zero-order valence-corrected chi connectivity index (χ0v) is 16.3. The second-order valence-electron chi connectivity index (χ2n) is 5.87. The van der Waals surface area contributed by atoms with Crippen molar-refractivity contribution in [3.8, 4) is 17.2 Å². The summed E-state index contributed by atoms with van der Waals surface area (Å²) >= 11 is 0. The Morgan fingerprint density at radius 1 is 0.897 bits per heavy atom. The average molecular weight is 412 g/mol. The summed E-state index contributed by atoms with van der Waals surface area (Å²) in [6.45, 7) is 5.55. The van der Waals surface area contributed by atoms with E-state index in [1.165, 1.54) is 12.1 Å². The Morgan fingerprint density at radius 2 is 1.34 bits per heavy atom. The van der Waals surface area contributed by atoms with Gasteiger partial charge in [0, 0.05) is 32.4 Å². The van der Waals surface area contributed by atoms with Crippen molar-refractivity contribution in [1.82, 2.24) is 0 Å². The maximum absolute atomic E-state index is 10.2. The first-order chi connectivity index (χ1) is 13.3. The number of carbonyl (C=O) groups is 3. The Balaban J connectivity index is 0.000000544. The first-order valence-electron chi connectivity index (χ1n) is 8.18. The second-order valence-corrected chi connectivity index (χ2v) is 5.87. The highest BCUT2D eigenvalue weighted by atomic mass is 16.5. The summed E-state index contributed by atoms with van der Waals surface area (Å²) < 4.78 is 5.44. The molecule has 1 heterocycles. The summed E-state index contributed by atoms with van der Waals surface area (Å²) in [4.78, 5) is 27.0. The Morgan fingerprint density at radius 3 is 1.79 bits per heavy atom. The minimum atomic E-state index is -0.833. The van der Waals surface area contributed by atoms with Crippen LogP contribution in [0.25, 0.3) is 10.8 Å². The fourth-order valence-corrected chi connectivity index (χ4v) is 2.43. The molecule has 0 spiro atoms. The molecule has 1 aliphatic rings. The third kappa shape index (κ3) is 8.80. The summed E-state index contributed by atoms with van der Waals surface area (Å²) in [7, 11) is 0. The van der Waals surface area contributed by atoms with Gasteiger partial charge in [-0.05, 0) is 30.0 Å². The molecule has 0 amide bonds. The van der Waals surface area contributed by atoms with Gasteiger partial charge in [-0.15, -0.1) is 0 Å². The molecule has 0 radical (unpaired) electrons. The Labute approximate surface area is 166 Å². The number of carboxylic acid groups (broad SMARTS) is 3. The van der Waals surface area contributed by atoms with E-state index in [1.54, 1.807) is 0 Å². The maximum atomic E-state index is 10.2. The van der Waals surface area contributed by atoms with Crippen LogP contribution in [-0.2, 0) is 25.7 Å². The van der Waals surface area contributed by atoms with Gasteiger partial charge in [-0.2, -0.15) is 0 Å². The van der Waals surface area contributed by atoms with Crippen molar-refractivity contribution in [2.75, 3.05) is 0 Å². The number of phenolic OH excluding ortho intramolecular Hbond substituents is 3. The highest BCUT2D eigenvalue weighted by Crippen LogP contribution is 2.45. The van der Waals surface area contributed by atoms with Crippen molar-refractivity contribution in [3.05, 3.63) is 29.3 Å². The van der Waals surface area contributed by atoms with E-state index in [-0.39, 0.29) is 23.4 Å². The van der Waals surface area contributed by atoms with E-state index in [2.05, 4.69) is 0 Å². The first-order valence-corrected chi connectivity index (χ1v) is 8.18. The van der Waals surface area contributed by atoms with Crippen LogP contribution in [0.1, 0.15) is 44.9 Å². The van der Waals surface area contributed by atoms with Crippen LogP contribution < -0.4 is 0 Å². The van der Waals surface area contributed by atoms with Crippen molar-refractivity contribution in [2.45, 2.75) is 40.4 Å². The van der Waals surface area contributed by atoms with Gasteiger partial charge in [0.2, 0.25) is 0 Å². The molecule has 2 aromatic carbocycles. The third-order valence-corrected chi connectivity index (χ3v) is 3.20. The standard InChI is InChI=1S/C13H12O4.3C2H4O2/c1-6-11-8(5-17-6)2-7-3-9(14)4-10(15)12(7)13(11)16;3*1-2(3)4/h2-4,6,14-16H,5H2,1H3;3*1H3,(H,3,4). The fourth-order valence-electron chi connectivity index (χ4n) is 2.43. The van der Waals surface area contributed by atoms with Crippen molar-refractivity contribution in [3.63, 3.8) is 0 Å². The molecule has 1 atom stereocenters. The number of rotatable bonds is 0. The summed E-state index contributed by atoms with van der Waals surface area (Å²) in [5, 5.41) is 52.6. The number of aromatic hydroxyl groups is 3. The third-order valence-electron chi connectivity index (χ3n) is 3.20. The molecule has 10 heteroatoms. The zero-order valence-electron chi connectivity index (χ0n) is 16.3. The van der Waals surface area contributed by atoms with Crippen molar-refractivity contribution in [1.29, 1.82) is 0 Å². The van der Waals surface area contributed by atoms with Crippen LogP contribution in [0, 0.1) is 0 Å². The molecule has 10 nitrogen and oxygen atoms in total. The van der Waals surface area contributed by atoms with Crippen molar-refractivity contribution in [2.24, 2.45) is 0 Å². The minimum absolute atomic E-state index is 0.0266. The lowest BCUT2D eigenvalue weighted by Gasteiger charge is -2.11. The summed E-state index contributed by atoms with van der Waals surface area (Å²) in [6.07, 6.45) is -0.178. The van der Waals surface area contributed by atoms with E-state index >= 15 is 0 Å². The Hall–Kier alpha value is -3.53. The Bertz CT molecular complexity index is 848. The SMILES string of the molecule is CC(=O)O.CC(=O)O.CC(=O)O.CC1OCc2cc3cc(O)cc(O)c3c(O)c21. The molecule has 6 N–H and O–H groups in total. The topological polar surface area (TPSA) is 182 Å². The molecule has 0 aromatic heterocycles. The quantitative estimate of drug-likeness (QED) is 0.376. The molecule has 0 bridgehead atoms. The molecule has 0 aliphatic carbocycles. The van der Waals surface area contributed by atoms with Gasteiger partial charge in [0.05, 0.1) is 18.1 Å². The van der Waals surface area contributed by atoms with Crippen LogP contribution in [0.2, 0.25) is 0 Å². The van der Waals surface area contributed by atoms with Crippen LogP contribution >= 0.6 is 0 Å². The maximum Gasteiger partial charge on any atom is 0.300 e. The monoisotopic (exact) mass is 412 g/mol. The van der Waals surface area contributed by atoms with Gasteiger partial charge in [0.1, 0.15) is 17.2 Å². The minimum Gasteiger partial charge on any atom is -0.508 e. The molecule has 160 valence electrons. The van der Waals surface area contributed by atoms with Gasteiger partial charge in [0.25, 0.3) is 17.9 Å². The van der Waals surface area contributed by atoms with Gasteiger partial charge < -0.3 is 35.4 Å². The lowest BCUT2D eigenvalue weighted by Crippen LogP contribution is -1.90. The molecule has 3 rings (SSSR count). The molecule has 1 unspecified atom stereocenters. The molecular weight excluding hydrogens is 388 g/mol. The molecule has 0 saturated heterocycles. The highest BCUT2D eigenvalue weighted by Gasteiger charge is 2.25. The number of aliphatic carboxylic acids is 3. The van der Waals surface area contributed by atoms with Crippen LogP contribution in [0.4, 0.5) is 0 Å². The van der Waals surface area contributed by atoms with Gasteiger partial charge in [-0.3, -0.25) is 14.4 Å². The normalized spacial score (nSPS) is 13.4. The molecule has 2 aromatic rings. The van der Waals surface area contributed by atoms with E-state index < -0.39 is 17.9 Å². The van der Waals surface area contributed by atoms with E-state index in [4.69, 9.17) is 34.4 Å². The van der Waals surface area contributed by atoms with Crippen molar-refractivity contribution < 1.29 is 49.8 Å². The van der Waals surface area contributed by atoms with Crippen LogP contribution in [0.5, 0.6) is 17.2 Å². The summed E-state index contributed by atoms with van der Waals surface area (Å²) in [6, 6.07) is 4.56. The smallest absolute Gasteiger partial charge is 0.300 e. The first kappa shape index (κ1) is 25.5. The van der Waals surface area contributed by atoms with E-state index in [0.717, 1.165) is 31.9 Å². The highest BCUT2D eigenvalue weighted by molar-refractivity contribution is 5.96. The van der Waals surface area contributed by atoms with E-state index in [9.17, 15) is 15.3 Å². The average Bonchev–Trinajstić information content (AvgIpc) is 2.86. The largest absolute Gasteiger partial charge is 0.508 e. The second kappa shape index (κ2) is 11.3. The van der Waals surface area contributed by atoms with Gasteiger partial charge >= 0.3 is 0 Å². The molecular formula is C19H24O10. The zero-order chi connectivity index (χ0) is 22.9. The lowest BCUT2D eigenvalue weighted by molar-refractivity contribution is -0.135. The fraction of sp³-hybridized carbons (Fsp3) is 0.316. The van der Waals surface area contributed by atoms with E-state index in [1.807, 2.05) is 13.0 Å². The predicted molar refractivity (Wildman–Crippen MR) is 102 cm³/mol. The Kier molecular flexibility index (Phi) is 9.96. The van der Waals surface area contributed by atoms with Crippen LogP contribution in [0.15, 0.2) is 18.2 Å². The number of fused-ring (bicyclic) bond motifs is 2. The van der Waals surface area contributed by atoms with Gasteiger partial charge in [0.15, 0.2) is 0 Å². The number of phenols is 3. The summed E-state index contributed by atoms with van der Waals surface area (Å²) in [5.41, 5.74) is 1.62. The number of benzene rings is 2. The number of ether oxygens (including phenoxy) is 1. The summed E-state index contributed by atoms with van der Waals surface area (Å²) in [5.74, 6) is -2.61. The van der Waals surface area contributed by atoms with Gasteiger partial charge in [-0.1, -0.05) is 0 Å². The van der Waals surface area contributed by atoms with Gasteiger partial charge in [-0.25, -0.2) is 0 Å². The number of hydrogen-bond acceptors (Lipinski definition) is 7. The predicted octanol–water partition coefficient (Wildman–Crippen LogP) is 2.82. The van der Waals surface area contributed by atoms with Crippen LogP contribution in [0.3, 0.4) is 0 Å². The molecule has 0 fully saturated rings. The number of carboxylic acids is 3. The number of hydrogen-bond donors (Lipinski definition) is 6. The lowest BCUT2D eigenvalue weighted by atomic mass is 9.97. The van der Waals surface area contributed by atoms with E-state index in [0.29, 0.717) is 17.4 Å².